The van der Waals surface area contributed by atoms with Crippen molar-refractivity contribution < 1.29 is 15.0 Å². The fourth-order valence-corrected chi connectivity index (χ4v) is 1.69. The fraction of sp³-hybridized carbons (Fsp3) is 0.154. The molecule has 0 aromatic heterocycles. The van der Waals surface area contributed by atoms with E-state index in [2.05, 4.69) is 13.2 Å². The molecule has 0 aliphatic heterocycles. The smallest absolute Gasteiger partial charge is 0.413 e. The average molecular weight is 268 g/mol. The van der Waals surface area contributed by atoms with Crippen molar-refractivity contribution in [3.8, 4) is 0 Å². The molecule has 1 unspecified atom stereocenters. The van der Waals surface area contributed by atoms with Crippen molar-refractivity contribution in [1.82, 2.24) is 4.90 Å². The number of benzene rings is 1. The van der Waals surface area contributed by atoms with Gasteiger partial charge in [0, 0.05) is 17.1 Å². The molecule has 2 N–H and O–H groups in total. The van der Waals surface area contributed by atoms with Crippen LogP contribution in [0, 0.1) is 0 Å². The predicted molar refractivity (Wildman–Crippen MR) is 70.4 cm³/mol. The van der Waals surface area contributed by atoms with Gasteiger partial charge in [-0.05, 0) is 17.7 Å². The van der Waals surface area contributed by atoms with Crippen LogP contribution in [0.2, 0.25) is 5.02 Å². The molecule has 1 atom stereocenters. The van der Waals surface area contributed by atoms with Gasteiger partial charge in [0.1, 0.15) is 0 Å². The molecule has 96 valence electrons. The third-order valence-corrected chi connectivity index (χ3v) is 2.74. The molecule has 5 heteroatoms. The van der Waals surface area contributed by atoms with E-state index in [1.807, 2.05) is 0 Å². The monoisotopic (exact) mass is 267 g/mol. The highest BCUT2D eigenvalue weighted by Crippen LogP contribution is 2.20. The van der Waals surface area contributed by atoms with Gasteiger partial charge in [0.15, 0.2) is 6.23 Å². The molecule has 18 heavy (non-hydrogen) atoms. The van der Waals surface area contributed by atoms with E-state index >= 15 is 0 Å². The van der Waals surface area contributed by atoms with E-state index in [0.717, 1.165) is 16.5 Å². The summed E-state index contributed by atoms with van der Waals surface area (Å²) in [4.78, 5) is 11.8. The first-order valence-electron chi connectivity index (χ1n) is 5.21. The van der Waals surface area contributed by atoms with E-state index < -0.39 is 12.3 Å². The van der Waals surface area contributed by atoms with Gasteiger partial charge in [-0.25, -0.2) is 4.79 Å². The molecule has 0 aliphatic carbocycles. The van der Waals surface area contributed by atoms with Crippen LogP contribution >= 0.6 is 11.6 Å². The number of aliphatic hydroxyl groups is 1. The van der Waals surface area contributed by atoms with Crippen LogP contribution in [0.15, 0.2) is 49.2 Å². The summed E-state index contributed by atoms with van der Waals surface area (Å²) in [5.74, 6) is 0. The van der Waals surface area contributed by atoms with E-state index in [1.54, 1.807) is 24.3 Å². The summed E-state index contributed by atoms with van der Waals surface area (Å²) >= 11 is 5.98. The summed E-state index contributed by atoms with van der Waals surface area (Å²) in [6.45, 7) is 7.01. The lowest BCUT2D eigenvalue weighted by Gasteiger charge is -2.25. The lowest BCUT2D eigenvalue weighted by molar-refractivity contribution is 0.0636. The third-order valence-electron chi connectivity index (χ3n) is 2.37. The van der Waals surface area contributed by atoms with Crippen LogP contribution in [0.3, 0.4) is 0 Å². The van der Waals surface area contributed by atoms with Gasteiger partial charge < -0.3 is 10.2 Å². The van der Waals surface area contributed by atoms with Gasteiger partial charge in [0.05, 0.1) is 0 Å². The molecule has 0 radical (unpaired) electrons. The van der Waals surface area contributed by atoms with Crippen LogP contribution in [0.25, 0.3) is 0 Å². The summed E-state index contributed by atoms with van der Waals surface area (Å²) in [5.41, 5.74) is 0.967. The van der Waals surface area contributed by atoms with Gasteiger partial charge in [-0.1, -0.05) is 43.0 Å². The second-order valence-corrected chi connectivity index (χ2v) is 4.04. The normalized spacial score (nSPS) is 11.7. The Bertz CT molecular complexity index is 473. The van der Waals surface area contributed by atoms with Crippen molar-refractivity contribution in [2.75, 3.05) is 0 Å². The molecule has 0 saturated heterocycles. The number of rotatable bonds is 5. The number of allylic oxidation sites excluding steroid dienone is 1. The van der Waals surface area contributed by atoms with Crippen molar-refractivity contribution in [3.63, 3.8) is 0 Å². The van der Waals surface area contributed by atoms with E-state index in [4.69, 9.17) is 16.7 Å². The number of hydrogen-bond acceptors (Lipinski definition) is 2. The van der Waals surface area contributed by atoms with Crippen molar-refractivity contribution in [2.24, 2.45) is 0 Å². The molecule has 0 heterocycles. The molecule has 0 aliphatic rings. The molecule has 0 spiro atoms. The second kappa shape index (κ2) is 6.23. The summed E-state index contributed by atoms with van der Waals surface area (Å²) < 4.78 is 0. The number of carboxylic acid groups (broad SMARTS) is 1. The van der Waals surface area contributed by atoms with Gasteiger partial charge >= 0.3 is 6.09 Å². The standard InChI is InChI=1S/C13H14ClNO3/c1-3-12(16)15(13(17)18)9(2)8-10-6-4-5-7-11(10)14/h3-7,12,16H,1-2,8H2,(H,17,18). The molecule has 1 aromatic rings. The van der Waals surface area contributed by atoms with Crippen molar-refractivity contribution in [3.05, 3.63) is 59.8 Å². The first-order valence-corrected chi connectivity index (χ1v) is 5.59. The third kappa shape index (κ3) is 3.35. The van der Waals surface area contributed by atoms with Gasteiger partial charge in [-0.3, -0.25) is 4.90 Å². The largest absolute Gasteiger partial charge is 0.465 e. The Hall–Kier alpha value is -1.78. The SMILES string of the molecule is C=CC(O)N(C(=C)Cc1ccccc1Cl)C(=O)O. The maximum atomic E-state index is 11.0. The summed E-state index contributed by atoms with van der Waals surface area (Å²) in [5, 5.41) is 19.1. The summed E-state index contributed by atoms with van der Waals surface area (Å²) in [6, 6.07) is 7.05. The maximum Gasteiger partial charge on any atom is 0.413 e. The highest BCUT2D eigenvalue weighted by Gasteiger charge is 2.22. The molecule has 0 saturated carbocycles. The molecule has 1 rings (SSSR count). The Balaban J connectivity index is 2.89. The number of nitrogens with zero attached hydrogens (tertiary/aromatic N) is 1. The first kappa shape index (κ1) is 14.3. The lowest BCUT2D eigenvalue weighted by atomic mass is 10.1. The number of carbonyl (C=O) groups is 1. The Morgan fingerprint density at radius 3 is 2.61 bits per heavy atom. The molecular weight excluding hydrogens is 254 g/mol. The van der Waals surface area contributed by atoms with Gasteiger partial charge in [0.25, 0.3) is 0 Å². The van der Waals surface area contributed by atoms with Crippen LogP contribution < -0.4 is 0 Å². The highest BCUT2D eigenvalue weighted by atomic mass is 35.5. The maximum absolute atomic E-state index is 11.0. The van der Waals surface area contributed by atoms with Crippen LogP contribution in [0.1, 0.15) is 5.56 Å². The van der Waals surface area contributed by atoms with E-state index in [1.165, 1.54) is 0 Å². The van der Waals surface area contributed by atoms with Crippen molar-refractivity contribution in [1.29, 1.82) is 0 Å². The van der Waals surface area contributed by atoms with Crippen LogP contribution in [0.5, 0.6) is 0 Å². The van der Waals surface area contributed by atoms with Crippen molar-refractivity contribution in [2.45, 2.75) is 12.6 Å². The van der Waals surface area contributed by atoms with E-state index in [-0.39, 0.29) is 12.1 Å². The van der Waals surface area contributed by atoms with E-state index in [0.29, 0.717) is 5.02 Å². The fourth-order valence-electron chi connectivity index (χ4n) is 1.49. The van der Waals surface area contributed by atoms with Crippen LogP contribution in [-0.2, 0) is 6.42 Å². The molecule has 4 nitrogen and oxygen atoms in total. The Morgan fingerprint density at radius 1 is 1.50 bits per heavy atom. The second-order valence-electron chi connectivity index (χ2n) is 3.64. The number of halogens is 1. The zero-order valence-corrected chi connectivity index (χ0v) is 10.5. The Labute approximate surface area is 110 Å². The minimum Gasteiger partial charge on any atom is -0.465 e. The number of hydrogen-bond donors (Lipinski definition) is 2. The quantitative estimate of drug-likeness (QED) is 0.637. The Kier molecular flexibility index (Phi) is 4.95. The zero-order chi connectivity index (χ0) is 13.7. The Morgan fingerprint density at radius 2 is 2.11 bits per heavy atom. The molecule has 0 fully saturated rings. The minimum absolute atomic E-state index is 0.225. The summed E-state index contributed by atoms with van der Waals surface area (Å²) in [6.07, 6.45) is -1.26. The molecule has 1 aromatic carbocycles. The molecular formula is C13H14ClNO3. The van der Waals surface area contributed by atoms with Crippen molar-refractivity contribution >= 4 is 17.7 Å². The average Bonchev–Trinajstić information content (AvgIpc) is 2.31. The number of amides is 1. The summed E-state index contributed by atoms with van der Waals surface area (Å²) in [7, 11) is 0. The highest BCUT2D eigenvalue weighted by molar-refractivity contribution is 6.31. The lowest BCUT2D eigenvalue weighted by Crippen LogP contribution is -2.37. The predicted octanol–water partition coefficient (Wildman–Crippen LogP) is 2.88. The first-order chi connectivity index (χ1) is 8.47. The van der Waals surface area contributed by atoms with Gasteiger partial charge in [0.2, 0.25) is 0 Å². The van der Waals surface area contributed by atoms with Crippen LogP contribution in [0.4, 0.5) is 4.79 Å². The number of aliphatic hydroxyl groups excluding tert-OH is 1. The van der Waals surface area contributed by atoms with Gasteiger partial charge in [-0.15, -0.1) is 0 Å². The van der Waals surface area contributed by atoms with E-state index in [9.17, 15) is 9.90 Å². The molecule has 0 bridgehead atoms. The van der Waals surface area contributed by atoms with Gasteiger partial charge in [-0.2, -0.15) is 0 Å². The topological polar surface area (TPSA) is 60.8 Å². The zero-order valence-electron chi connectivity index (χ0n) is 9.71. The van der Waals surface area contributed by atoms with Crippen LogP contribution in [-0.4, -0.2) is 27.4 Å². The minimum atomic E-state index is -1.32. The molecule has 1 amide bonds.